The number of amides is 1. The SMILES string of the molecule is COc1ccc([N+](=O)[O-])cc1NC(=O)[C@H](C)Sc1ccc(C)cc1C. The first-order chi connectivity index (χ1) is 11.8. The molecule has 25 heavy (non-hydrogen) atoms. The van der Waals surface area contributed by atoms with Crippen LogP contribution in [0.3, 0.4) is 0 Å². The predicted octanol–water partition coefficient (Wildman–Crippen LogP) is 4.34. The number of nitrogens with one attached hydrogen (secondary N) is 1. The molecule has 0 aliphatic rings. The first kappa shape index (κ1) is 18.8. The number of hydrogen-bond donors (Lipinski definition) is 1. The number of anilines is 1. The number of methoxy groups -OCH3 is 1. The van der Waals surface area contributed by atoms with Gasteiger partial charge in [-0.25, -0.2) is 0 Å². The highest BCUT2D eigenvalue weighted by Crippen LogP contribution is 2.31. The Hall–Kier alpha value is -2.54. The summed E-state index contributed by atoms with van der Waals surface area (Å²) in [5.41, 5.74) is 2.46. The largest absolute Gasteiger partial charge is 0.495 e. The molecule has 0 aliphatic heterocycles. The van der Waals surface area contributed by atoms with Crippen LogP contribution in [0.1, 0.15) is 18.1 Å². The molecule has 2 aromatic rings. The Morgan fingerprint density at radius 2 is 1.96 bits per heavy atom. The molecule has 0 radical (unpaired) electrons. The molecule has 0 aliphatic carbocycles. The van der Waals surface area contributed by atoms with Gasteiger partial charge in [-0.1, -0.05) is 17.7 Å². The number of non-ortho nitro benzene ring substituents is 1. The Balaban J connectivity index is 2.15. The molecular formula is C18H20N2O4S. The van der Waals surface area contributed by atoms with Gasteiger partial charge in [-0.3, -0.25) is 14.9 Å². The smallest absolute Gasteiger partial charge is 0.271 e. The Kier molecular flexibility index (Phi) is 6.03. The number of carbonyl (C=O) groups is 1. The summed E-state index contributed by atoms with van der Waals surface area (Å²) in [6.45, 7) is 5.82. The Morgan fingerprint density at radius 1 is 1.24 bits per heavy atom. The van der Waals surface area contributed by atoms with Crippen molar-refractivity contribution in [2.24, 2.45) is 0 Å². The van der Waals surface area contributed by atoms with Crippen LogP contribution in [0, 0.1) is 24.0 Å². The monoisotopic (exact) mass is 360 g/mol. The van der Waals surface area contributed by atoms with Crippen molar-refractivity contribution >= 4 is 29.0 Å². The number of thioether (sulfide) groups is 1. The molecule has 0 aromatic heterocycles. The van der Waals surface area contributed by atoms with E-state index in [2.05, 4.69) is 11.4 Å². The van der Waals surface area contributed by atoms with Gasteiger partial charge in [0.25, 0.3) is 5.69 Å². The molecule has 0 unspecified atom stereocenters. The van der Waals surface area contributed by atoms with Gasteiger partial charge in [0.05, 0.1) is 23.0 Å². The number of aryl methyl sites for hydroxylation is 2. The van der Waals surface area contributed by atoms with Gasteiger partial charge in [-0.2, -0.15) is 0 Å². The maximum Gasteiger partial charge on any atom is 0.271 e. The number of carbonyl (C=O) groups excluding carboxylic acids is 1. The van der Waals surface area contributed by atoms with Crippen molar-refractivity contribution in [1.29, 1.82) is 0 Å². The minimum absolute atomic E-state index is 0.106. The van der Waals surface area contributed by atoms with Crippen LogP contribution in [-0.4, -0.2) is 23.2 Å². The summed E-state index contributed by atoms with van der Waals surface area (Å²) >= 11 is 1.44. The first-order valence-electron chi connectivity index (χ1n) is 7.69. The third-order valence-electron chi connectivity index (χ3n) is 3.66. The lowest BCUT2D eigenvalue weighted by Crippen LogP contribution is -2.22. The number of nitro groups is 1. The van der Waals surface area contributed by atoms with E-state index in [9.17, 15) is 14.9 Å². The second kappa shape index (κ2) is 8.02. The molecule has 2 rings (SSSR count). The van der Waals surface area contributed by atoms with Crippen molar-refractivity contribution < 1.29 is 14.5 Å². The molecule has 7 heteroatoms. The lowest BCUT2D eigenvalue weighted by atomic mass is 10.2. The lowest BCUT2D eigenvalue weighted by molar-refractivity contribution is -0.384. The van der Waals surface area contributed by atoms with Gasteiger partial charge >= 0.3 is 0 Å². The highest BCUT2D eigenvalue weighted by molar-refractivity contribution is 8.00. The molecule has 1 atom stereocenters. The van der Waals surface area contributed by atoms with Crippen molar-refractivity contribution in [1.82, 2.24) is 0 Å². The van der Waals surface area contributed by atoms with Crippen LogP contribution in [0.2, 0.25) is 0 Å². The van der Waals surface area contributed by atoms with Crippen molar-refractivity contribution in [2.75, 3.05) is 12.4 Å². The fraction of sp³-hybridized carbons (Fsp3) is 0.278. The number of ether oxygens (including phenoxy) is 1. The fourth-order valence-corrected chi connectivity index (χ4v) is 3.26. The zero-order valence-electron chi connectivity index (χ0n) is 14.5. The van der Waals surface area contributed by atoms with E-state index >= 15 is 0 Å². The number of nitro benzene ring substituents is 1. The van der Waals surface area contributed by atoms with E-state index in [1.807, 2.05) is 26.0 Å². The van der Waals surface area contributed by atoms with E-state index in [-0.39, 0.29) is 22.5 Å². The second-order valence-corrected chi connectivity index (χ2v) is 7.04. The molecule has 6 nitrogen and oxygen atoms in total. The molecular weight excluding hydrogens is 340 g/mol. The van der Waals surface area contributed by atoms with Crippen LogP contribution in [0.25, 0.3) is 0 Å². The highest BCUT2D eigenvalue weighted by atomic mass is 32.2. The van der Waals surface area contributed by atoms with Gasteiger partial charge in [-0.15, -0.1) is 11.8 Å². The summed E-state index contributed by atoms with van der Waals surface area (Å²) in [5.74, 6) is 0.131. The second-order valence-electron chi connectivity index (χ2n) is 5.66. The summed E-state index contributed by atoms with van der Waals surface area (Å²) in [7, 11) is 1.45. The highest BCUT2D eigenvalue weighted by Gasteiger charge is 2.19. The zero-order chi connectivity index (χ0) is 18.6. The predicted molar refractivity (Wildman–Crippen MR) is 99.5 cm³/mol. The molecule has 1 amide bonds. The van der Waals surface area contributed by atoms with Gasteiger partial charge in [-0.05, 0) is 38.5 Å². The van der Waals surface area contributed by atoms with Crippen LogP contribution in [0.5, 0.6) is 5.75 Å². The standard InChI is InChI=1S/C18H20N2O4S/c1-11-5-8-17(12(2)9-11)25-13(3)18(21)19-15-10-14(20(22)23)6-7-16(15)24-4/h5-10,13H,1-4H3,(H,19,21)/t13-/m0/s1. The van der Waals surface area contributed by atoms with Gasteiger partial charge < -0.3 is 10.1 Å². The maximum atomic E-state index is 12.5. The average Bonchev–Trinajstić information content (AvgIpc) is 2.57. The molecule has 0 spiro atoms. The number of hydrogen-bond acceptors (Lipinski definition) is 5. The molecule has 132 valence electrons. The summed E-state index contributed by atoms with van der Waals surface area (Å²) in [4.78, 5) is 23.9. The Morgan fingerprint density at radius 3 is 2.56 bits per heavy atom. The van der Waals surface area contributed by atoms with E-state index < -0.39 is 4.92 Å². The number of benzene rings is 2. The zero-order valence-corrected chi connectivity index (χ0v) is 15.3. The quantitative estimate of drug-likeness (QED) is 0.471. The minimum atomic E-state index is -0.511. The van der Waals surface area contributed by atoms with Crippen LogP contribution in [-0.2, 0) is 4.79 Å². The van der Waals surface area contributed by atoms with E-state index in [1.54, 1.807) is 6.92 Å². The van der Waals surface area contributed by atoms with Crippen LogP contribution in [0.15, 0.2) is 41.3 Å². The normalized spacial score (nSPS) is 11.7. The maximum absolute atomic E-state index is 12.5. The van der Waals surface area contributed by atoms with Gasteiger partial charge in [0.1, 0.15) is 5.75 Å². The molecule has 0 heterocycles. The van der Waals surface area contributed by atoms with E-state index in [0.29, 0.717) is 5.75 Å². The summed E-state index contributed by atoms with van der Waals surface area (Å²) in [6.07, 6.45) is 0. The molecule has 2 aromatic carbocycles. The van der Waals surface area contributed by atoms with Crippen molar-refractivity contribution in [3.05, 3.63) is 57.6 Å². The van der Waals surface area contributed by atoms with Crippen molar-refractivity contribution in [3.63, 3.8) is 0 Å². The average molecular weight is 360 g/mol. The van der Waals surface area contributed by atoms with E-state index in [4.69, 9.17) is 4.74 Å². The van der Waals surface area contributed by atoms with Gasteiger partial charge in [0.2, 0.25) is 5.91 Å². The Bertz CT molecular complexity index is 808. The Labute approximate surface area is 150 Å². The molecule has 0 bridgehead atoms. The first-order valence-corrected chi connectivity index (χ1v) is 8.57. The molecule has 0 saturated heterocycles. The third kappa shape index (κ3) is 4.73. The minimum Gasteiger partial charge on any atom is -0.495 e. The molecule has 0 fully saturated rings. The summed E-state index contributed by atoms with van der Waals surface area (Å²) in [6, 6.07) is 10.2. The topological polar surface area (TPSA) is 81.5 Å². The van der Waals surface area contributed by atoms with E-state index in [0.717, 1.165) is 10.5 Å². The summed E-state index contributed by atoms with van der Waals surface area (Å²) in [5, 5.41) is 13.3. The summed E-state index contributed by atoms with van der Waals surface area (Å²) < 4.78 is 5.17. The van der Waals surface area contributed by atoms with Crippen LogP contribution < -0.4 is 10.1 Å². The van der Waals surface area contributed by atoms with Crippen LogP contribution >= 0.6 is 11.8 Å². The molecule has 0 saturated carbocycles. The number of nitrogens with zero attached hydrogens (tertiary/aromatic N) is 1. The van der Waals surface area contributed by atoms with Crippen LogP contribution in [0.4, 0.5) is 11.4 Å². The lowest BCUT2D eigenvalue weighted by Gasteiger charge is -2.15. The van der Waals surface area contributed by atoms with E-state index in [1.165, 1.54) is 42.6 Å². The van der Waals surface area contributed by atoms with Gasteiger partial charge in [0, 0.05) is 17.0 Å². The van der Waals surface area contributed by atoms with Crippen molar-refractivity contribution in [2.45, 2.75) is 30.9 Å². The van der Waals surface area contributed by atoms with Gasteiger partial charge in [0.15, 0.2) is 0 Å². The van der Waals surface area contributed by atoms with Crippen molar-refractivity contribution in [3.8, 4) is 5.75 Å². The number of rotatable bonds is 6. The third-order valence-corrected chi connectivity index (χ3v) is 4.93. The molecule has 1 N–H and O–H groups in total. The fourth-order valence-electron chi connectivity index (χ4n) is 2.32.